The van der Waals surface area contributed by atoms with Crippen LogP contribution in [-0.4, -0.2) is 36.2 Å². The van der Waals surface area contributed by atoms with E-state index in [1.54, 1.807) is 18.4 Å². The van der Waals surface area contributed by atoms with Crippen LogP contribution in [-0.2, 0) is 10.8 Å². The molecule has 0 aliphatic carbocycles. The van der Waals surface area contributed by atoms with E-state index in [2.05, 4.69) is 5.32 Å². The number of amides is 1. The molecule has 2 rings (SSSR count). The Kier molecular flexibility index (Phi) is 5.93. The molecule has 0 aliphatic heterocycles. The molecule has 0 saturated heterocycles. The molecule has 1 N–H and O–H groups in total. The highest BCUT2D eigenvalue weighted by Gasteiger charge is 2.17. The van der Waals surface area contributed by atoms with Gasteiger partial charge in [0.05, 0.1) is 6.04 Å². The van der Waals surface area contributed by atoms with Crippen LogP contribution < -0.4 is 10.2 Å². The molecular formula is C18H22N2O2S. The smallest absolute Gasteiger partial charge is 0.251 e. The largest absolute Gasteiger partial charge is 0.378 e. The number of rotatable bonds is 6. The first-order valence-electron chi connectivity index (χ1n) is 7.40. The molecule has 2 aromatic carbocycles. The third kappa shape index (κ3) is 4.93. The molecule has 0 aromatic heterocycles. The summed E-state index contributed by atoms with van der Waals surface area (Å²) in [6.45, 7) is 0. The van der Waals surface area contributed by atoms with Gasteiger partial charge in [-0.25, -0.2) is 0 Å². The summed E-state index contributed by atoms with van der Waals surface area (Å²) in [5.41, 5.74) is 2.59. The summed E-state index contributed by atoms with van der Waals surface area (Å²) >= 11 is 0. The van der Waals surface area contributed by atoms with Gasteiger partial charge in [-0.05, 0) is 29.8 Å². The Morgan fingerprint density at radius 2 is 1.70 bits per heavy atom. The maximum atomic E-state index is 12.5. The minimum absolute atomic E-state index is 0.158. The first-order valence-corrected chi connectivity index (χ1v) is 9.13. The van der Waals surface area contributed by atoms with Crippen molar-refractivity contribution in [3.8, 4) is 0 Å². The number of nitrogens with zero attached hydrogens (tertiary/aromatic N) is 1. The zero-order valence-corrected chi connectivity index (χ0v) is 14.5. The van der Waals surface area contributed by atoms with Gasteiger partial charge in [0.2, 0.25) is 0 Å². The van der Waals surface area contributed by atoms with Crippen molar-refractivity contribution in [1.29, 1.82) is 0 Å². The molecule has 0 aliphatic rings. The van der Waals surface area contributed by atoms with E-state index in [0.29, 0.717) is 11.3 Å². The van der Waals surface area contributed by atoms with Crippen molar-refractivity contribution in [2.45, 2.75) is 6.04 Å². The van der Waals surface area contributed by atoms with E-state index in [1.165, 1.54) is 0 Å². The molecule has 0 fully saturated rings. The lowest BCUT2D eigenvalue weighted by molar-refractivity contribution is 0.0940. The number of benzene rings is 2. The Labute approximate surface area is 140 Å². The van der Waals surface area contributed by atoms with E-state index in [1.807, 2.05) is 61.5 Å². The van der Waals surface area contributed by atoms with E-state index in [4.69, 9.17) is 0 Å². The molecule has 1 amide bonds. The quantitative estimate of drug-likeness (QED) is 0.886. The molecule has 23 heavy (non-hydrogen) atoms. The maximum Gasteiger partial charge on any atom is 0.251 e. The van der Waals surface area contributed by atoms with Gasteiger partial charge in [-0.2, -0.15) is 0 Å². The molecule has 2 aromatic rings. The summed E-state index contributed by atoms with van der Waals surface area (Å²) in [4.78, 5) is 14.4. The van der Waals surface area contributed by atoms with Crippen molar-refractivity contribution < 1.29 is 9.00 Å². The molecular weight excluding hydrogens is 308 g/mol. The normalized spacial score (nSPS) is 13.2. The molecule has 5 heteroatoms. The van der Waals surface area contributed by atoms with Crippen LogP contribution >= 0.6 is 0 Å². The van der Waals surface area contributed by atoms with Gasteiger partial charge >= 0.3 is 0 Å². The third-order valence-corrected chi connectivity index (χ3v) is 4.36. The summed E-state index contributed by atoms with van der Waals surface area (Å²) in [7, 11) is 2.91. The minimum Gasteiger partial charge on any atom is -0.378 e. The number of nitrogens with one attached hydrogen (secondary N) is 1. The molecule has 0 heterocycles. The lowest BCUT2D eigenvalue weighted by Crippen LogP contribution is -2.31. The summed E-state index contributed by atoms with van der Waals surface area (Å²) in [6, 6.07) is 16.8. The molecule has 4 nitrogen and oxygen atoms in total. The van der Waals surface area contributed by atoms with Crippen molar-refractivity contribution in [2.24, 2.45) is 0 Å². The van der Waals surface area contributed by atoms with Crippen molar-refractivity contribution in [3.63, 3.8) is 0 Å². The zero-order valence-electron chi connectivity index (χ0n) is 13.7. The van der Waals surface area contributed by atoms with E-state index < -0.39 is 10.8 Å². The molecule has 0 unspecified atom stereocenters. The predicted molar refractivity (Wildman–Crippen MR) is 96.4 cm³/mol. The van der Waals surface area contributed by atoms with Gasteiger partial charge in [-0.15, -0.1) is 0 Å². The molecule has 122 valence electrons. The van der Waals surface area contributed by atoms with Gasteiger partial charge in [0.1, 0.15) is 0 Å². The highest BCUT2D eigenvalue weighted by atomic mass is 32.2. The Balaban J connectivity index is 2.15. The number of carbonyl (C=O) groups excluding carboxylic acids is 1. The molecule has 0 bridgehead atoms. The van der Waals surface area contributed by atoms with Crippen molar-refractivity contribution in [3.05, 3.63) is 65.7 Å². The highest BCUT2D eigenvalue weighted by molar-refractivity contribution is 7.84. The van der Waals surface area contributed by atoms with Gasteiger partial charge in [0.15, 0.2) is 0 Å². The van der Waals surface area contributed by atoms with Gasteiger partial charge in [-0.1, -0.05) is 30.3 Å². The van der Waals surface area contributed by atoms with Crippen molar-refractivity contribution >= 4 is 22.4 Å². The second-order valence-electron chi connectivity index (χ2n) is 5.62. The minimum atomic E-state index is -1.00. The topological polar surface area (TPSA) is 49.4 Å². The van der Waals surface area contributed by atoms with Crippen molar-refractivity contribution in [2.75, 3.05) is 31.0 Å². The number of anilines is 1. The fraction of sp³-hybridized carbons (Fsp3) is 0.278. The maximum absolute atomic E-state index is 12.5. The first-order chi connectivity index (χ1) is 11.0. The lowest BCUT2D eigenvalue weighted by atomic mass is 10.1. The second kappa shape index (κ2) is 7.92. The van der Waals surface area contributed by atoms with E-state index >= 15 is 0 Å². The SMILES string of the molecule is CN(C)c1ccc(C(=O)N[C@H](C[S@](C)=O)c2ccccc2)cc1. The van der Waals surface area contributed by atoms with Crippen LogP contribution in [0.1, 0.15) is 22.0 Å². The standard InChI is InChI=1S/C18H22N2O2S/c1-20(2)16-11-9-15(10-12-16)18(21)19-17(13-23(3)22)14-7-5-4-6-8-14/h4-12,17H,13H2,1-3H3,(H,19,21)/t17-,23+/m1/s1. The Hall–Kier alpha value is -2.14. The molecule has 2 atom stereocenters. The number of carbonyl (C=O) groups is 1. The molecule has 0 saturated carbocycles. The monoisotopic (exact) mass is 330 g/mol. The summed E-state index contributed by atoms with van der Waals surface area (Å²) in [6.07, 6.45) is 1.65. The van der Waals surface area contributed by atoms with E-state index in [9.17, 15) is 9.00 Å². The van der Waals surface area contributed by atoms with Crippen LogP contribution in [0.4, 0.5) is 5.69 Å². The van der Waals surface area contributed by atoms with Crippen LogP contribution in [0.25, 0.3) is 0 Å². The average molecular weight is 330 g/mol. The van der Waals surface area contributed by atoms with Gasteiger partial charge in [-0.3, -0.25) is 9.00 Å². The lowest BCUT2D eigenvalue weighted by Gasteiger charge is -2.19. The summed E-state index contributed by atoms with van der Waals surface area (Å²) < 4.78 is 11.6. The van der Waals surface area contributed by atoms with Gasteiger partial charge in [0, 0.05) is 48.2 Å². The fourth-order valence-electron chi connectivity index (χ4n) is 2.29. The Morgan fingerprint density at radius 3 is 2.22 bits per heavy atom. The zero-order chi connectivity index (χ0) is 16.8. The summed E-state index contributed by atoms with van der Waals surface area (Å²) in [5, 5.41) is 2.98. The van der Waals surface area contributed by atoms with Crippen molar-refractivity contribution in [1.82, 2.24) is 5.32 Å². The van der Waals surface area contributed by atoms with Crippen LogP contribution in [0, 0.1) is 0 Å². The van der Waals surface area contributed by atoms with Crippen LogP contribution in [0.3, 0.4) is 0 Å². The number of hydrogen-bond acceptors (Lipinski definition) is 3. The van der Waals surface area contributed by atoms with Crippen LogP contribution in [0.2, 0.25) is 0 Å². The summed E-state index contributed by atoms with van der Waals surface area (Å²) in [5.74, 6) is 0.237. The highest BCUT2D eigenvalue weighted by Crippen LogP contribution is 2.16. The molecule has 0 radical (unpaired) electrons. The third-order valence-electron chi connectivity index (χ3n) is 3.55. The van der Waals surface area contributed by atoms with Crippen LogP contribution in [0.15, 0.2) is 54.6 Å². The Morgan fingerprint density at radius 1 is 1.09 bits per heavy atom. The van der Waals surface area contributed by atoms with E-state index in [-0.39, 0.29) is 11.9 Å². The van der Waals surface area contributed by atoms with Crippen LogP contribution in [0.5, 0.6) is 0 Å². The van der Waals surface area contributed by atoms with Gasteiger partial charge in [0.25, 0.3) is 5.91 Å². The predicted octanol–water partition coefficient (Wildman–Crippen LogP) is 2.60. The second-order valence-corrected chi connectivity index (χ2v) is 7.10. The van der Waals surface area contributed by atoms with E-state index in [0.717, 1.165) is 11.3 Å². The molecule has 0 spiro atoms. The first kappa shape index (κ1) is 17.2. The fourth-order valence-corrected chi connectivity index (χ4v) is 3.04. The number of hydrogen-bond donors (Lipinski definition) is 1. The Bertz CT molecular complexity index is 669. The van der Waals surface area contributed by atoms with Gasteiger partial charge < -0.3 is 10.2 Å². The average Bonchev–Trinajstić information content (AvgIpc) is 2.54.